The molecule has 118 valence electrons. The molecule has 0 bridgehead atoms. The van der Waals surface area contributed by atoms with E-state index < -0.39 is 5.97 Å². The Kier molecular flexibility index (Phi) is 10.1. The molecule has 0 saturated carbocycles. The molecular weight excluding hydrogens is 256 g/mol. The molecule has 0 aromatic carbocycles. The Hall–Kier alpha value is -1.10. The largest absolute Gasteiger partial charge is 0.481 e. The predicted molar refractivity (Wildman–Crippen MR) is 80.4 cm³/mol. The lowest BCUT2D eigenvalue weighted by molar-refractivity contribution is -0.138. The first-order chi connectivity index (χ1) is 9.42. The van der Waals surface area contributed by atoms with Crippen LogP contribution in [0.5, 0.6) is 0 Å². The maximum Gasteiger partial charge on any atom is 0.303 e. The average Bonchev–Trinajstić information content (AvgIpc) is 2.38. The van der Waals surface area contributed by atoms with E-state index in [4.69, 9.17) is 10.8 Å². The minimum atomic E-state index is -0.810. The van der Waals surface area contributed by atoms with Crippen molar-refractivity contribution in [2.45, 2.75) is 65.3 Å². The third-order valence-corrected chi connectivity index (χ3v) is 3.65. The van der Waals surface area contributed by atoms with Crippen molar-refractivity contribution in [1.82, 2.24) is 4.90 Å². The third-order valence-electron chi connectivity index (χ3n) is 3.65. The first-order valence-electron chi connectivity index (χ1n) is 7.63. The number of aliphatic carboxylic acids is 1. The minimum absolute atomic E-state index is 0.112. The fourth-order valence-corrected chi connectivity index (χ4v) is 2.33. The number of hydrogen-bond acceptors (Lipinski definition) is 3. The Bertz CT molecular complexity index is 293. The number of carboxylic acids is 1. The Labute approximate surface area is 122 Å². The normalized spacial score (nSPS) is 12.4. The van der Waals surface area contributed by atoms with Gasteiger partial charge >= 0.3 is 5.97 Å². The summed E-state index contributed by atoms with van der Waals surface area (Å²) in [6, 6.07) is 0.117. The molecule has 0 rings (SSSR count). The highest BCUT2D eigenvalue weighted by Gasteiger charge is 2.18. The van der Waals surface area contributed by atoms with E-state index in [9.17, 15) is 9.59 Å². The summed E-state index contributed by atoms with van der Waals surface area (Å²) in [5.41, 5.74) is 5.56. The molecule has 0 heterocycles. The third kappa shape index (κ3) is 8.15. The quantitative estimate of drug-likeness (QED) is 0.610. The number of amides is 1. The van der Waals surface area contributed by atoms with Gasteiger partial charge in [-0.05, 0) is 45.6 Å². The number of carbonyl (C=O) groups excluding carboxylic acids is 1. The zero-order valence-electron chi connectivity index (χ0n) is 13.1. The van der Waals surface area contributed by atoms with Crippen molar-refractivity contribution in [3.8, 4) is 0 Å². The van der Waals surface area contributed by atoms with Gasteiger partial charge in [0.05, 0.1) is 0 Å². The second-order valence-corrected chi connectivity index (χ2v) is 5.57. The molecule has 0 aromatic heterocycles. The zero-order chi connectivity index (χ0) is 15.5. The van der Waals surface area contributed by atoms with Gasteiger partial charge in [-0.15, -0.1) is 0 Å². The van der Waals surface area contributed by atoms with Crippen molar-refractivity contribution >= 4 is 11.9 Å². The molecule has 0 radical (unpaired) electrons. The Morgan fingerprint density at radius 1 is 1.20 bits per heavy atom. The summed E-state index contributed by atoms with van der Waals surface area (Å²) in [4.78, 5) is 24.6. The van der Waals surface area contributed by atoms with E-state index in [-0.39, 0.29) is 18.4 Å². The van der Waals surface area contributed by atoms with E-state index in [0.29, 0.717) is 31.8 Å². The molecule has 5 nitrogen and oxygen atoms in total. The van der Waals surface area contributed by atoms with E-state index in [1.165, 1.54) is 0 Å². The van der Waals surface area contributed by atoms with Gasteiger partial charge in [0.25, 0.3) is 0 Å². The number of carboxylic acid groups (broad SMARTS) is 1. The lowest BCUT2D eigenvalue weighted by Crippen LogP contribution is -2.38. The molecule has 0 aliphatic rings. The van der Waals surface area contributed by atoms with Gasteiger partial charge in [0.1, 0.15) is 0 Å². The topological polar surface area (TPSA) is 83.6 Å². The SMILES string of the molecule is CCC(CCN)CCC(=O)N(CCCC(=O)O)C(C)C. The van der Waals surface area contributed by atoms with Crippen molar-refractivity contribution < 1.29 is 14.7 Å². The van der Waals surface area contributed by atoms with Crippen LogP contribution in [0.25, 0.3) is 0 Å². The zero-order valence-corrected chi connectivity index (χ0v) is 13.1. The molecule has 1 amide bonds. The second-order valence-electron chi connectivity index (χ2n) is 5.57. The molecule has 0 aliphatic carbocycles. The van der Waals surface area contributed by atoms with Crippen LogP contribution in [0.15, 0.2) is 0 Å². The highest BCUT2D eigenvalue weighted by atomic mass is 16.4. The molecule has 0 aromatic rings. The fraction of sp³-hybridized carbons (Fsp3) is 0.867. The Morgan fingerprint density at radius 3 is 2.30 bits per heavy atom. The summed E-state index contributed by atoms with van der Waals surface area (Å²) in [5, 5.41) is 8.66. The molecule has 0 aliphatic heterocycles. The van der Waals surface area contributed by atoms with Crippen LogP contribution < -0.4 is 5.73 Å². The summed E-state index contributed by atoms with van der Waals surface area (Å²) in [6.45, 7) is 7.25. The van der Waals surface area contributed by atoms with Gasteiger partial charge in [-0.3, -0.25) is 9.59 Å². The fourth-order valence-electron chi connectivity index (χ4n) is 2.33. The monoisotopic (exact) mass is 286 g/mol. The average molecular weight is 286 g/mol. The first-order valence-corrected chi connectivity index (χ1v) is 7.63. The molecule has 0 spiro atoms. The van der Waals surface area contributed by atoms with Crippen LogP contribution in [0.2, 0.25) is 0 Å². The summed E-state index contributed by atoms with van der Waals surface area (Å²) < 4.78 is 0. The summed E-state index contributed by atoms with van der Waals surface area (Å²) >= 11 is 0. The van der Waals surface area contributed by atoms with Gasteiger partial charge in [0, 0.05) is 25.4 Å². The van der Waals surface area contributed by atoms with Crippen LogP contribution in [0.3, 0.4) is 0 Å². The van der Waals surface area contributed by atoms with Crippen LogP contribution in [-0.4, -0.2) is 41.0 Å². The second kappa shape index (κ2) is 10.7. The lowest BCUT2D eigenvalue weighted by atomic mass is 9.96. The van der Waals surface area contributed by atoms with Crippen LogP contribution >= 0.6 is 0 Å². The van der Waals surface area contributed by atoms with Gasteiger partial charge in [-0.1, -0.05) is 13.3 Å². The first kappa shape index (κ1) is 18.9. The van der Waals surface area contributed by atoms with E-state index >= 15 is 0 Å². The van der Waals surface area contributed by atoms with Crippen molar-refractivity contribution in [2.24, 2.45) is 11.7 Å². The number of nitrogens with zero attached hydrogens (tertiary/aromatic N) is 1. The predicted octanol–water partition coefficient (Wildman–Crippen LogP) is 2.24. The van der Waals surface area contributed by atoms with Crippen molar-refractivity contribution in [1.29, 1.82) is 0 Å². The van der Waals surface area contributed by atoms with Gasteiger partial charge < -0.3 is 15.7 Å². The maximum absolute atomic E-state index is 12.2. The van der Waals surface area contributed by atoms with Gasteiger partial charge in [0.2, 0.25) is 5.91 Å². The van der Waals surface area contributed by atoms with Crippen LogP contribution in [-0.2, 0) is 9.59 Å². The lowest BCUT2D eigenvalue weighted by Gasteiger charge is -2.27. The van der Waals surface area contributed by atoms with Crippen LogP contribution in [0.1, 0.15) is 59.3 Å². The number of rotatable bonds is 11. The molecule has 3 N–H and O–H groups in total. The van der Waals surface area contributed by atoms with Crippen molar-refractivity contribution in [3.05, 3.63) is 0 Å². The number of hydrogen-bond donors (Lipinski definition) is 2. The maximum atomic E-state index is 12.2. The molecule has 5 heteroatoms. The Morgan fingerprint density at radius 2 is 1.85 bits per heavy atom. The highest BCUT2D eigenvalue weighted by Crippen LogP contribution is 2.16. The summed E-state index contributed by atoms with van der Waals surface area (Å²) in [5.74, 6) is -0.173. The van der Waals surface area contributed by atoms with Gasteiger partial charge in [-0.25, -0.2) is 0 Å². The van der Waals surface area contributed by atoms with E-state index in [1.807, 2.05) is 13.8 Å². The van der Waals surface area contributed by atoms with Crippen molar-refractivity contribution in [2.75, 3.05) is 13.1 Å². The van der Waals surface area contributed by atoms with E-state index in [2.05, 4.69) is 6.92 Å². The summed E-state index contributed by atoms with van der Waals surface area (Å²) in [7, 11) is 0. The van der Waals surface area contributed by atoms with Crippen LogP contribution in [0, 0.1) is 5.92 Å². The van der Waals surface area contributed by atoms with Gasteiger partial charge in [0.15, 0.2) is 0 Å². The standard InChI is InChI=1S/C15H30N2O3/c1-4-13(9-10-16)7-8-14(18)17(12(2)3)11-5-6-15(19)20/h12-13H,4-11,16H2,1-3H3,(H,19,20). The molecule has 1 unspecified atom stereocenters. The Balaban J connectivity index is 4.24. The van der Waals surface area contributed by atoms with Gasteiger partial charge in [-0.2, -0.15) is 0 Å². The smallest absolute Gasteiger partial charge is 0.303 e. The molecule has 0 fully saturated rings. The highest BCUT2D eigenvalue weighted by molar-refractivity contribution is 5.76. The number of nitrogens with two attached hydrogens (primary N) is 1. The van der Waals surface area contributed by atoms with E-state index in [1.54, 1.807) is 4.90 Å². The molecule has 0 saturated heterocycles. The molecule has 20 heavy (non-hydrogen) atoms. The minimum Gasteiger partial charge on any atom is -0.481 e. The summed E-state index contributed by atoms with van der Waals surface area (Å²) in [6.07, 6.45) is 4.04. The molecular formula is C15H30N2O3. The molecule has 1 atom stereocenters. The van der Waals surface area contributed by atoms with E-state index in [0.717, 1.165) is 19.3 Å². The van der Waals surface area contributed by atoms with Crippen molar-refractivity contribution in [3.63, 3.8) is 0 Å². The van der Waals surface area contributed by atoms with Crippen LogP contribution in [0.4, 0.5) is 0 Å². The number of carbonyl (C=O) groups is 2.